The fraction of sp³-hybridized carbons (Fsp3) is 0.625. The third kappa shape index (κ3) is 4.67. The Hall–Kier alpha value is -1.67. The van der Waals surface area contributed by atoms with Crippen molar-refractivity contribution in [2.45, 2.75) is 37.6 Å². The zero-order valence-corrected chi connectivity index (χ0v) is 15.2. The molecule has 1 saturated heterocycles. The number of anilines is 1. The number of nitro benzene ring substituents is 1. The summed E-state index contributed by atoms with van der Waals surface area (Å²) in [5.41, 5.74) is -0.126. The smallest absolute Gasteiger partial charge is 0.310 e. The molecule has 2 rings (SSSR count). The first-order valence-corrected chi connectivity index (χ1v) is 10.0. The van der Waals surface area contributed by atoms with Crippen molar-refractivity contribution in [3.8, 4) is 0 Å². The van der Waals surface area contributed by atoms with Crippen LogP contribution in [0.4, 0.5) is 11.4 Å². The van der Waals surface area contributed by atoms with Crippen LogP contribution in [-0.4, -0.2) is 50.2 Å². The Bertz CT molecular complexity index is 705. The molecule has 0 bridgehead atoms. The minimum Gasteiger partial charge on any atom is -0.376 e. The summed E-state index contributed by atoms with van der Waals surface area (Å²) in [7, 11) is -3.66. The lowest BCUT2D eigenvalue weighted by Gasteiger charge is -2.33. The number of piperidine rings is 1. The van der Waals surface area contributed by atoms with Gasteiger partial charge in [0.15, 0.2) is 9.84 Å². The molecule has 2 atom stereocenters. The predicted octanol–water partition coefficient (Wildman–Crippen LogP) is 2.53. The van der Waals surface area contributed by atoms with E-state index in [4.69, 9.17) is 0 Å². The van der Waals surface area contributed by atoms with Gasteiger partial charge in [-0.15, -0.1) is 0 Å². The van der Waals surface area contributed by atoms with Crippen LogP contribution in [0.2, 0.25) is 0 Å². The van der Waals surface area contributed by atoms with Crippen LogP contribution in [0.1, 0.15) is 26.7 Å². The van der Waals surface area contributed by atoms with Crippen LogP contribution in [-0.2, 0) is 9.84 Å². The third-order valence-corrected chi connectivity index (χ3v) is 5.38. The van der Waals surface area contributed by atoms with Gasteiger partial charge in [-0.05, 0) is 44.4 Å². The Balaban J connectivity index is 2.18. The molecule has 1 N–H and O–H groups in total. The highest BCUT2D eigenvalue weighted by Gasteiger charge is 2.27. The molecule has 24 heavy (non-hydrogen) atoms. The largest absolute Gasteiger partial charge is 0.376 e. The lowest BCUT2D eigenvalue weighted by molar-refractivity contribution is -0.386. The minimum atomic E-state index is -3.66. The van der Waals surface area contributed by atoms with Gasteiger partial charge in [0.05, 0.1) is 4.92 Å². The number of nitro groups is 1. The van der Waals surface area contributed by atoms with Crippen LogP contribution in [0.25, 0.3) is 0 Å². The van der Waals surface area contributed by atoms with Crippen molar-refractivity contribution in [1.29, 1.82) is 0 Å². The zero-order valence-electron chi connectivity index (χ0n) is 14.4. The van der Waals surface area contributed by atoms with E-state index in [1.165, 1.54) is 18.6 Å². The highest BCUT2D eigenvalue weighted by atomic mass is 32.2. The summed E-state index contributed by atoms with van der Waals surface area (Å²) in [5.74, 6) is 0.661. The van der Waals surface area contributed by atoms with Crippen molar-refractivity contribution >= 4 is 21.2 Å². The average Bonchev–Trinajstić information content (AvgIpc) is 2.45. The molecule has 0 aromatic heterocycles. The van der Waals surface area contributed by atoms with Gasteiger partial charge in [0.1, 0.15) is 10.6 Å². The second-order valence-corrected chi connectivity index (χ2v) is 8.72. The van der Waals surface area contributed by atoms with Crippen LogP contribution in [0, 0.1) is 16.0 Å². The minimum absolute atomic E-state index is 0.0242. The monoisotopic (exact) mass is 355 g/mol. The Kier molecular flexibility index (Phi) is 5.82. The fourth-order valence-corrected chi connectivity index (χ4v) is 4.14. The summed E-state index contributed by atoms with van der Waals surface area (Å²) in [6, 6.07) is 4.34. The van der Waals surface area contributed by atoms with Gasteiger partial charge in [0, 0.05) is 25.4 Å². The second-order valence-electron chi connectivity index (χ2n) is 6.73. The maximum atomic E-state index is 11.8. The number of rotatable bonds is 6. The Morgan fingerprint density at radius 2 is 2.17 bits per heavy atom. The molecule has 1 heterocycles. The lowest BCUT2D eigenvalue weighted by atomic mass is 10.00. The number of likely N-dealkylation sites (tertiary alicyclic amines) is 1. The maximum absolute atomic E-state index is 11.8. The first-order valence-electron chi connectivity index (χ1n) is 8.15. The molecule has 0 radical (unpaired) electrons. The summed E-state index contributed by atoms with van der Waals surface area (Å²) < 4.78 is 23.6. The van der Waals surface area contributed by atoms with E-state index < -0.39 is 14.8 Å². The molecule has 0 amide bonds. The van der Waals surface area contributed by atoms with Gasteiger partial charge in [-0.25, -0.2) is 8.42 Å². The molecule has 0 saturated carbocycles. The molecule has 0 spiro atoms. The van der Waals surface area contributed by atoms with E-state index in [1.807, 2.05) is 6.92 Å². The van der Waals surface area contributed by atoms with E-state index in [0.717, 1.165) is 32.3 Å². The quantitative estimate of drug-likeness (QED) is 0.623. The van der Waals surface area contributed by atoms with Crippen molar-refractivity contribution < 1.29 is 13.3 Å². The summed E-state index contributed by atoms with van der Waals surface area (Å²) in [5, 5.41) is 14.5. The Labute approximate surface area is 143 Å². The van der Waals surface area contributed by atoms with Crippen LogP contribution < -0.4 is 5.32 Å². The number of nitrogens with zero attached hydrogens (tertiary/aromatic N) is 2. The van der Waals surface area contributed by atoms with Crippen LogP contribution in [0.3, 0.4) is 0 Å². The van der Waals surface area contributed by atoms with Gasteiger partial charge in [-0.2, -0.15) is 0 Å². The molecule has 1 aliphatic heterocycles. The topological polar surface area (TPSA) is 92.6 Å². The number of hydrogen-bond acceptors (Lipinski definition) is 6. The van der Waals surface area contributed by atoms with Crippen molar-refractivity contribution in [3.63, 3.8) is 0 Å². The first-order chi connectivity index (χ1) is 11.2. The number of sulfone groups is 1. The van der Waals surface area contributed by atoms with E-state index >= 15 is 0 Å². The molecule has 2 unspecified atom stereocenters. The van der Waals surface area contributed by atoms with Crippen molar-refractivity contribution in [2.75, 3.05) is 31.2 Å². The number of benzene rings is 1. The van der Waals surface area contributed by atoms with Crippen molar-refractivity contribution in [1.82, 2.24) is 4.90 Å². The molecule has 8 heteroatoms. The number of nitrogens with one attached hydrogen (secondary N) is 1. The van der Waals surface area contributed by atoms with Gasteiger partial charge < -0.3 is 10.2 Å². The highest BCUT2D eigenvalue weighted by Crippen LogP contribution is 2.32. The fourth-order valence-electron chi connectivity index (χ4n) is 3.28. The molecule has 0 aliphatic carbocycles. The number of hydrogen-bond donors (Lipinski definition) is 1. The molecular formula is C16H25N3O4S. The maximum Gasteiger partial charge on any atom is 0.310 e. The standard InChI is InChI=1S/C16H25N3O4S/c1-12-6-5-9-18(10-12)11-13(2)17-14-7-4-8-15(24(3,22)23)16(14)19(20)21/h4,7-8,12-13,17H,5-6,9-11H2,1-3H3. The normalized spacial score (nSPS) is 20.5. The van der Waals surface area contributed by atoms with E-state index in [0.29, 0.717) is 5.92 Å². The third-order valence-electron chi connectivity index (χ3n) is 4.26. The van der Waals surface area contributed by atoms with Gasteiger partial charge in [-0.1, -0.05) is 13.0 Å². The molecule has 134 valence electrons. The van der Waals surface area contributed by atoms with Crippen LogP contribution >= 0.6 is 0 Å². The Morgan fingerprint density at radius 1 is 1.46 bits per heavy atom. The zero-order chi connectivity index (χ0) is 17.9. The summed E-state index contributed by atoms with van der Waals surface area (Å²) in [4.78, 5) is 12.9. The SMILES string of the molecule is CC1CCCN(CC(C)Nc2cccc(S(C)(=O)=O)c2[N+](=O)[O-])C1. The molecule has 1 aliphatic rings. The molecular weight excluding hydrogens is 330 g/mol. The highest BCUT2D eigenvalue weighted by molar-refractivity contribution is 7.90. The van der Waals surface area contributed by atoms with Gasteiger partial charge in [-0.3, -0.25) is 10.1 Å². The molecule has 7 nitrogen and oxygen atoms in total. The second kappa shape index (κ2) is 7.48. The van der Waals surface area contributed by atoms with E-state index in [-0.39, 0.29) is 22.3 Å². The first kappa shape index (κ1) is 18.7. The van der Waals surface area contributed by atoms with Crippen LogP contribution in [0.5, 0.6) is 0 Å². The van der Waals surface area contributed by atoms with Gasteiger partial charge >= 0.3 is 5.69 Å². The molecule has 1 fully saturated rings. The van der Waals surface area contributed by atoms with Crippen molar-refractivity contribution in [2.24, 2.45) is 5.92 Å². The van der Waals surface area contributed by atoms with E-state index in [1.54, 1.807) is 6.07 Å². The van der Waals surface area contributed by atoms with E-state index in [9.17, 15) is 18.5 Å². The summed E-state index contributed by atoms with van der Waals surface area (Å²) >= 11 is 0. The molecule has 1 aromatic carbocycles. The number of para-hydroxylation sites is 1. The van der Waals surface area contributed by atoms with E-state index in [2.05, 4.69) is 17.1 Å². The molecule has 1 aromatic rings. The lowest BCUT2D eigenvalue weighted by Crippen LogP contribution is -2.40. The predicted molar refractivity (Wildman–Crippen MR) is 94.1 cm³/mol. The average molecular weight is 355 g/mol. The van der Waals surface area contributed by atoms with Crippen LogP contribution in [0.15, 0.2) is 23.1 Å². The van der Waals surface area contributed by atoms with Gasteiger partial charge in [0.25, 0.3) is 0 Å². The summed E-state index contributed by atoms with van der Waals surface area (Å²) in [6.07, 6.45) is 3.38. The summed E-state index contributed by atoms with van der Waals surface area (Å²) in [6.45, 7) is 7.00. The Morgan fingerprint density at radius 3 is 2.75 bits per heavy atom. The van der Waals surface area contributed by atoms with Crippen molar-refractivity contribution in [3.05, 3.63) is 28.3 Å². The van der Waals surface area contributed by atoms with Gasteiger partial charge in [0.2, 0.25) is 0 Å².